The van der Waals surface area contributed by atoms with Crippen LogP contribution in [0.15, 0.2) is 17.5 Å². The molecule has 1 aromatic heterocycles. The minimum atomic E-state index is -0.619. The van der Waals surface area contributed by atoms with E-state index < -0.39 is 6.03 Å². The van der Waals surface area contributed by atoms with Crippen molar-refractivity contribution in [2.75, 3.05) is 13.1 Å². The molecular formula is C13H20N4O2S. The maximum Gasteiger partial charge on any atom is 0.312 e. The van der Waals surface area contributed by atoms with E-state index in [1.54, 1.807) is 4.90 Å². The van der Waals surface area contributed by atoms with Crippen LogP contribution in [0.4, 0.5) is 4.79 Å². The molecule has 1 fully saturated rings. The number of hydrogen-bond acceptors (Lipinski definition) is 4. The fraction of sp³-hybridized carbons (Fsp3) is 0.538. The fourth-order valence-electron chi connectivity index (χ4n) is 2.42. The molecular weight excluding hydrogens is 276 g/mol. The van der Waals surface area contributed by atoms with Gasteiger partial charge in [0.05, 0.1) is 12.5 Å². The number of rotatable bonds is 4. The summed E-state index contributed by atoms with van der Waals surface area (Å²) >= 11 is 1.50. The van der Waals surface area contributed by atoms with Gasteiger partial charge in [0.25, 0.3) is 0 Å². The molecule has 1 aromatic rings. The van der Waals surface area contributed by atoms with E-state index in [1.165, 1.54) is 11.3 Å². The summed E-state index contributed by atoms with van der Waals surface area (Å²) in [5.41, 5.74) is 11.1. The number of urea groups is 1. The molecule has 1 aliphatic heterocycles. The maximum atomic E-state index is 12.3. The first kappa shape index (κ1) is 14.8. The molecule has 0 radical (unpaired) electrons. The summed E-state index contributed by atoms with van der Waals surface area (Å²) < 4.78 is 0. The Kier molecular flexibility index (Phi) is 4.97. The van der Waals surface area contributed by atoms with Gasteiger partial charge in [0.1, 0.15) is 0 Å². The third-order valence-electron chi connectivity index (χ3n) is 3.39. The number of hydrogen-bond donors (Lipinski definition) is 3. The number of nitrogens with one attached hydrogen (secondary N) is 1. The van der Waals surface area contributed by atoms with Gasteiger partial charge in [0.15, 0.2) is 0 Å². The van der Waals surface area contributed by atoms with Gasteiger partial charge >= 0.3 is 6.03 Å². The lowest BCUT2D eigenvalue weighted by Crippen LogP contribution is -2.47. The number of amides is 3. The van der Waals surface area contributed by atoms with E-state index >= 15 is 0 Å². The first-order chi connectivity index (χ1) is 9.56. The van der Waals surface area contributed by atoms with E-state index in [1.807, 2.05) is 17.5 Å². The Morgan fingerprint density at radius 2 is 2.35 bits per heavy atom. The lowest BCUT2D eigenvalue weighted by Gasteiger charge is -2.31. The molecule has 0 aromatic carbocycles. The monoisotopic (exact) mass is 296 g/mol. The molecule has 2 heterocycles. The molecule has 1 saturated heterocycles. The summed E-state index contributed by atoms with van der Waals surface area (Å²) in [5.74, 6) is 0.00676. The summed E-state index contributed by atoms with van der Waals surface area (Å²) in [5, 5.41) is 4.54. The Labute approximate surface area is 122 Å². The molecule has 0 aliphatic carbocycles. The number of piperidine rings is 1. The molecule has 6 nitrogen and oxygen atoms in total. The second-order valence-corrected chi connectivity index (χ2v) is 6.00. The molecule has 3 amide bonds. The fourth-order valence-corrected chi connectivity index (χ4v) is 3.20. The van der Waals surface area contributed by atoms with E-state index in [2.05, 4.69) is 5.32 Å². The molecule has 1 aliphatic rings. The van der Waals surface area contributed by atoms with Gasteiger partial charge in [-0.15, -0.1) is 11.3 Å². The maximum absolute atomic E-state index is 12.3. The molecule has 20 heavy (non-hydrogen) atoms. The van der Waals surface area contributed by atoms with Crippen LogP contribution in [-0.4, -0.2) is 36.0 Å². The van der Waals surface area contributed by atoms with Gasteiger partial charge < -0.3 is 21.7 Å². The van der Waals surface area contributed by atoms with E-state index in [-0.39, 0.29) is 24.4 Å². The minimum absolute atomic E-state index is 0.00676. The second kappa shape index (κ2) is 6.71. The highest BCUT2D eigenvalue weighted by atomic mass is 32.1. The Morgan fingerprint density at radius 1 is 1.55 bits per heavy atom. The Bertz CT molecular complexity index is 463. The van der Waals surface area contributed by atoms with E-state index in [4.69, 9.17) is 11.5 Å². The van der Waals surface area contributed by atoms with Crippen molar-refractivity contribution in [2.24, 2.45) is 11.5 Å². The predicted molar refractivity (Wildman–Crippen MR) is 78.2 cm³/mol. The van der Waals surface area contributed by atoms with E-state index in [0.717, 1.165) is 24.3 Å². The van der Waals surface area contributed by atoms with Crippen LogP contribution in [0.25, 0.3) is 0 Å². The molecule has 0 saturated carbocycles. The second-order valence-electron chi connectivity index (χ2n) is 5.02. The van der Waals surface area contributed by atoms with Crippen LogP contribution in [0.5, 0.6) is 0 Å². The number of thiophene rings is 1. The average Bonchev–Trinajstić information content (AvgIpc) is 2.91. The minimum Gasteiger partial charge on any atom is -0.352 e. The first-order valence-corrected chi connectivity index (χ1v) is 7.57. The number of primary amides is 1. The van der Waals surface area contributed by atoms with Crippen LogP contribution in [-0.2, 0) is 4.79 Å². The zero-order valence-electron chi connectivity index (χ0n) is 11.2. The van der Waals surface area contributed by atoms with Gasteiger partial charge in [-0.1, -0.05) is 6.07 Å². The quantitative estimate of drug-likeness (QED) is 0.765. The number of carbonyl (C=O) groups excluding carboxylic acids is 2. The smallest absolute Gasteiger partial charge is 0.312 e. The van der Waals surface area contributed by atoms with Gasteiger partial charge in [-0.25, -0.2) is 4.79 Å². The standard InChI is InChI=1S/C13H20N4O2S/c14-9-3-1-5-17(8-9)12(18)7-10(16-13(15)19)11-4-2-6-20-11/h2,4,6,9-10H,1,3,5,7-8,14H2,(H3,15,16,19). The number of carbonyl (C=O) groups is 2. The largest absolute Gasteiger partial charge is 0.352 e. The molecule has 7 heteroatoms. The summed E-state index contributed by atoms with van der Waals surface area (Å²) in [6.45, 7) is 1.33. The summed E-state index contributed by atoms with van der Waals surface area (Å²) in [6.07, 6.45) is 2.10. The average molecular weight is 296 g/mol. The third kappa shape index (κ3) is 3.94. The number of nitrogens with two attached hydrogens (primary N) is 2. The van der Waals surface area contributed by atoms with Crippen molar-refractivity contribution >= 4 is 23.3 Å². The van der Waals surface area contributed by atoms with Gasteiger partial charge in [-0.2, -0.15) is 0 Å². The lowest BCUT2D eigenvalue weighted by atomic mass is 10.0. The topological polar surface area (TPSA) is 101 Å². The highest BCUT2D eigenvalue weighted by molar-refractivity contribution is 7.10. The molecule has 0 spiro atoms. The highest BCUT2D eigenvalue weighted by Gasteiger charge is 2.25. The normalized spacial score (nSPS) is 20.4. The van der Waals surface area contributed by atoms with Crippen LogP contribution >= 0.6 is 11.3 Å². The molecule has 2 unspecified atom stereocenters. The van der Waals surface area contributed by atoms with E-state index in [9.17, 15) is 9.59 Å². The van der Waals surface area contributed by atoms with Crippen molar-refractivity contribution in [3.05, 3.63) is 22.4 Å². The highest BCUT2D eigenvalue weighted by Crippen LogP contribution is 2.23. The van der Waals surface area contributed by atoms with Crippen LogP contribution in [0.1, 0.15) is 30.2 Å². The van der Waals surface area contributed by atoms with Crippen molar-refractivity contribution in [3.63, 3.8) is 0 Å². The van der Waals surface area contributed by atoms with Crippen LogP contribution in [0, 0.1) is 0 Å². The Morgan fingerprint density at radius 3 is 2.95 bits per heavy atom. The number of likely N-dealkylation sites (tertiary alicyclic amines) is 1. The van der Waals surface area contributed by atoms with Crippen molar-refractivity contribution < 1.29 is 9.59 Å². The summed E-state index contributed by atoms with van der Waals surface area (Å²) in [7, 11) is 0. The van der Waals surface area contributed by atoms with Crippen molar-refractivity contribution in [1.29, 1.82) is 0 Å². The molecule has 110 valence electrons. The van der Waals surface area contributed by atoms with Crippen molar-refractivity contribution in [1.82, 2.24) is 10.2 Å². The van der Waals surface area contributed by atoms with Gasteiger partial charge in [-0.05, 0) is 24.3 Å². The molecule has 2 rings (SSSR count). The third-order valence-corrected chi connectivity index (χ3v) is 4.38. The zero-order chi connectivity index (χ0) is 14.5. The predicted octanol–water partition coefficient (Wildman–Crippen LogP) is 0.797. The van der Waals surface area contributed by atoms with Crippen molar-refractivity contribution in [2.45, 2.75) is 31.3 Å². The number of nitrogens with zero attached hydrogens (tertiary/aromatic N) is 1. The van der Waals surface area contributed by atoms with E-state index in [0.29, 0.717) is 6.54 Å². The Hall–Kier alpha value is -1.60. The molecule has 2 atom stereocenters. The zero-order valence-corrected chi connectivity index (χ0v) is 12.1. The lowest BCUT2D eigenvalue weighted by molar-refractivity contribution is -0.132. The van der Waals surface area contributed by atoms with Crippen molar-refractivity contribution in [3.8, 4) is 0 Å². The van der Waals surface area contributed by atoms with Gasteiger partial charge in [0, 0.05) is 24.0 Å². The Balaban J connectivity index is 2.00. The van der Waals surface area contributed by atoms with Crippen LogP contribution in [0.3, 0.4) is 0 Å². The SMILES string of the molecule is NC(=O)NC(CC(=O)N1CCCC(N)C1)c1cccs1. The summed E-state index contributed by atoms with van der Waals surface area (Å²) in [6, 6.07) is 2.85. The summed E-state index contributed by atoms with van der Waals surface area (Å²) in [4.78, 5) is 26.1. The van der Waals surface area contributed by atoms with Crippen LogP contribution < -0.4 is 16.8 Å². The molecule has 0 bridgehead atoms. The van der Waals surface area contributed by atoms with Crippen LogP contribution in [0.2, 0.25) is 0 Å². The van der Waals surface area contributed by atoms with Gasteiger partial charge in [-0.3, -0.25) is 4.79 Å². The first-order valence-electron chi connectivity index (χ1n) is 6.69. The molecule has 5 N–H and O–H groups in total. The van der Waals surface area contributed by atoms with Gasteiger partial charge in [0.2, 0.25) is 5.91 Å².